The molecule has 4 heteroatoms. The van der Waals surface area contributed by atoms with Crippen molar-refractivity contribution >= 4 is 5.91 Å². The molecule has 0 aromatic heterocycles. The molecule has 1 amide bonds. The fourth-order valence-electron chi connectivity index (χ4n) is 2.30. The van der Waals surface area contributed by atoms with Crippen molar-refractivity contribution in [3.8, 4) is 0 Å². The predicted molar refractivity (Wildman–Crippen MR) is 68.6 cm³/mol. The summed E-state index contributed by atoms with van der Waals surface area (Å²) < 4.78 is 12.9. The number of likely N-dealkylation sites (N-methyl/N-ethyl adjacent to an activating group) is 1. The lowest BCUT2D eigenvalue weighted by molar-refractivity contribution is -0.133. The Bertz CT molecular complexity index is 412. The molecule has 0 radical (unpaired) electrons. The zero-order chi connectivity index (χ0) is 13.1. The molecule has 1 aliphatic heterocycles. The van der Waals surface area contributed by atoms with Crippen molar-refractivity contribution in [2.75, 3.05) is 13.6 Å². The van der Waals surface area contributed by atoms with Crippen molar-refractivity contribution in [2.45, 2.75) is 31.8 Å². The van der Waals surface area contributed by atoms with Gasteiger partial charge in [-0.25, -0.2) is 4.39 Å². The van der Waals surface area contributed by atoms with E-state index in [0.717, 1.165) is 24.9 Å². The summed E-state index contributed by atoms with van der Waals surface area (Å²) in [5.41, 5.74) is 0.949. The number of benzene rings is 1. The molecule has 1 aromatic carbocycles. The van der Waals surface area contributed by atoms with E-state index < -0.39 is 0 Å². The van der Waals surface area contributed by atoms with Gasteiger partial charge < -0.3 is 10.2 Å². The Morgan fingerprint density at radius 1 is 1.44 bits per heavy atom. The second kappa shape index (κ2) is 5.48. The van der Waals surface area contributed by atoms with Crippen molar-refractivity contribution in [2.24, 2.45) is 0 Å². The van der Waals surface area contributed by atoms with Crippen LogP contribution < -0.4 is 5.32 Å². The number of halogens is 1. The van der Waals surface area contributed by atoms with Crippen molar-refractivity contribution in [1.29, 1.82) is 0 Å². The minimum absolute atomic E-state index is 0.0412. The molecule has 0 aliphatic carbocycles. The summed E-state index contributed by atoms with van der Waals surface area (Å²) in [5.74, 6) is -0.137. The van der Waals surface area contributed by atoms with Crippen LogP contribution in [0.4, 0.5) is 4.39 Å². The predicted octanol–water partition coefficient (Wildman–Crippen LogP) is 2.10. The first-order valence-electron chi connectivity index (χ1n) is 6.35. The highest BCUT2D eigenvalue weighted by Crippen LogP contribution is 2.21. The standard InChI is InChI=1S/C14H19FN2O/c1-10(11-5-7-12(15)8-6-11)17(2)14(18)13-4-3-9-16-13/h5-8,10,13,16H,3-4,9H2,1-2H3/t10?,13-/m0/s1. The summed E-state index contributed by atoms with van der Waals surface area (Å²) in [6.07, 6.45) is 1.95. The minimum atomic E-state index is -0.252. The Morgan fingerprint density at radius 2 is 2.11 bits per heavy atom. The normalized spacial score (nSPS) is 20.7. The summed E-state index contributed by atoms with van der Waals surface area (Å²) in [7, 11) is 1.80. The zero-order valence-electron chi connectivity index (χ0n) is 10.8. The summed E-state index contributed by atoms with van der Waals surface area (Å²) in [6.45, 7) is 2.87. The molecule has 0 saturated carbocycles. The first-order valence-corrected chi connectivity index (χ1v) is 6.35. The molecule has 18 heavy (non-hydrogen) atoms. The molecule has 1 fully saturated rings. The van der Waals surface area contributed by atoms with E-state index in [2.05, 4.69) is 5.32 Å². The largest absolute Gasteiger partial charge is 0.338 e. The second-order valence-electron chi connectivity index (χ2n) is 4.83. The Hall–Kier alpha value is -1.42. The Labute approximate surface area is 107 Å². The number of nitrogens with one attached hydrogen (secondary N) is 1. The lowest BCUT2D eigenvalue weighted by Gasteiger charge is -2.28. The van der Waals surface area contributed by atoms with E-state index in [1.54, 1.807) is 24.1 Å². The van der Waals surface area contributed by atoms with Gasteiger partial charge >= 0.3 is 0 Å². The number of nitrogens with zero attached hydrogens (tertiary/aromatic N) is 1. The third-order valence-corrected chi connectivity index (χ3v) is 3.64. The van der Waals surface area contributed by atoms with E-state index >= 15 is 0 Å². The molecule has 1 aromatic rings. The molecule has 98 valence electrons. The number of amides is 1. The number of carbonyl (C=O) groups excluding carboxylic acids is 1. The molecule has 1 aliphatic rings. The van der Waals surface area contributed by atoms with E-state index in [1.165, 1.54) is 12.1 Å². The molecule has 2 rings (SSSR count). The number of hydrogen-bond acceptors (Lipinski definition) is 2. The number of rotatable bonds is 3. The van der Waals surface area contributed by atoms with Gasteiger partial charge in [-0.15, -0.1) is 0 Å². The molecule has 1 saturated heterocycles. The molecule has 3 nitrogen and oxygen atoms in total. The first-order chi connectivity index (χ1) is 8.59. The van der Waals surface area contributed by atoms with Crippen molar-refractivity contribution in [3.05, 3.63) is 35.6 Å². The van der Waals surface area contributed by atoms with Crippen LogP contribution in [0, 0.1) is 5.82 Å². The lowest BCUT2D eigenvalue weighted by Crippen LogP contribution is -2.42. The highest BCUT2D eigenvalue weighted by Gasteiger charge is 2.27. The van der Waals surface area contributed by atoms with Gasteiger partial charge in [-0.05, 0) is 44.0 Å². The highest BCUT2D eigenvalue weighted by molar-refractivity contribution is 5.82. The lowest BCUT2D eigenvalue weighted by atomic mass is 10.1. The van der Waals surface area contributed by atoms with E-state index in [4.69, 9.17) is 0 Å². The van der Waals surface area contributed by atoms with Gasteiger partial charge in [-0.3, -0.25) is 4.79 Å². The smallest absolute Gasteiger partial charge is 0.239 e. The summed E-state index contributed by atoms with van der Waals surface area (Å²) in [5, 5.41) is 3.20. The average Bonchev–Trinajstić information content (AvgIpc) is 2.91. The maximum atomic E-state index is 12.9. The molecule has 1 N–H and O–H groups in total. The van der Waals surface area contributed by atoms with Gasteiger partial charge in [0.05, 0.1) is 12.1 Å². The zero-order valence-corrected chi connectivity index (χ0v) is 10.8. The molecule has 0 spiro atoms. The maximum Gasteiger partial charge on any atom is 0.239 e. The van der Waals surface area contributed by atoms with Gasteiger partial charge in [-0.1, -0.05) is 12.1 Å². The van der Waals surface area contributed by atoms with Crippen LogP contribution in [-0.4, -0.2) is 30.4 Å². The van der Waals surface area contributed by atoms with Gasteiger partial charge in [0.2, 0.25) is 5.91 Å². The Balaban J connectivity index is 2.05. The first kappa shape index (κ1) is 13.0. The second-order valence-corrected chi connectivity index (χ2v) is 4.83. The highest BCUT2D eigenvalue weighted by atomic mass is 19.1. The Morgan fingerprint density at radius 3 is 2.67 bits per heavy atom. The van der Waals surface area contributed by atoms with Crippen LogP contribution in [-0.2, 0) is 4.79 Å². The van der Waals surface area contributed by atoms with Crippen LogP contribution in [0.5, 0.6) is 0 Å². The average molecular weight is 250 g/mol. The summed E-state index contributed by atoms with van der Waals surface area (Å²) in [6, 6.07) is 6.21. The summed E-state index contributed by atoms with van der Waals surface area (Å²) >= 11 is 0. The van der Waals surface area contributed by atoms with Crippen molar-refractivity contribution in [3.63, 3.8) is 0 Å². The van der Waals surface area contributed by atoms with Crippen LogP contribution in [0.2, 0.25) is 0 Å². The monoisotopic (exact) mass is 250 g/mol. The molecular formula is C14H19FN2O. The van der Waals surface area contributed by atoms with Gasteiger partial charge in [0, 0.05) is 7.05 Å². The number of carbonyl (C=O) groups is 1. The van der Waals surface area contributed by atoms with Crippen molar-refractivity contribution in [1.82, 2.24) is 10.2 Å². The Kier molecular flexibility index (Phi) is 3.97. The van der Waals surface area contributed by atoms with Crippen LogP contribution in [0.15, 0.2) is 24.3 Å². The molecule has 1 heterocycles. The van der Waals surface area contributed by atoms with Crippen molar-refractivity contribution < 1.29 is 9.18 Å². The van der Waals surface area contributed by atoms with Crippen LogP contribution in [0.25, 0.3) is 0 Å². The van der Waals surface area contributed by atoms with Gasteiger partial charge in [0.1, 0.15) is 5.82 Å². The maximum absolute atomic E-state index is 12.9. The fourth-order valence-corrected chi connectivity index (χ4v) is 2.30. The van der Waals surface area contributed by atoms with Crippen LogP contribution in [0.1, 0.15) is 31.4 Å². The van der Waals surface area contributed by atoms with Gasteiger partial charge in [0.15, 0.2) is 0 Å². The molecule has 1 unspecified atom stereocenters. The van der Waals surface area contributed by atoms with Gasteiger partial charge in [-0.2, -0.15) is 0 Å². The quantitative estimate of drug-likeness (QED) is 0.891. The molecule has 0 bridgehead atoms. The summed E-state index contributed by atoms with van der Waals surface area (Å²) in [4.78, 5) is 13.9. The van der Waals surface area contributed by atoms with Crippen LogP contribution >= 0.6 is 0 Å². The topological polar surface area (TPSA) is 32.3 Å². The molecular weight excluding hydrogens is 231 g/mol. The third-order valence-electron chi connectivity index (χ3n) is 3.64. The van der Waals surface area contributed by atoms with E-state index in [1.807, 2.05) is 6.92 Å². The van der Waals surface area contributed by atoms with E-state index in [-0.39, 0.29) is 23.8 Å². The number of hydrogen-bond donors (Lipinski definition) is 1. The van der Waals surface area contributed by atoms with Crippen LogP contribution in [0.3, 0.4) is 0 Å². The molecule has 2 atom stereocenters. The SMILES string of the molecule is CC(c1ccc(F)cc1)N(C)C(=O)[C@@H]1CCCN1. The van der Waals surface area contributed by atoms with Gasteiger partial charge in [0.25, 0.3) is 0 Å². The minimum Gasteiger partial charge on any atom is -0.338 e. The third kappa shape index (κ3) is 2.70. The van der Waals surface area contributed by atoms with E-state index in [0.29, 0.717) is 0 Å². The fraction of sp³-hybridized carbons (Fsp3) is 0.500. The van der Waals surface area contributed by atoms with E-state index in [9.17, 15) is 9.18 Å².